The van der Waals surface area contributed by atoms with Crippen molar-refractivity contribution in [2.75, 3.05) is 0 Å². The molecular weight excluding hydrogens is 389 g/mol. The van der Waals surface area contributed by atoms with Crippen molar-refractivity contribution in [3.63, 3.8) is 0 Å². The number of nitrogens with zero attached hydrogens (tertiary/aromatic N) is 2. The Morgan fingerprint density at radius 1 is 0.926 bits per heavy atom. The molecule has 0 aliphatic carbocycles. The number of aromatic nitrogens is 3. The summed E-state index contributed by atoms with van der Waals surface area (Å²) >= 11 is 0.693. The number of thioether (sulfide) groups is 1. The zero-order valence-corrected chi connectivity index (χ0v) is 14.4. The van der Waals surface area contributed by atoms with Gasteiger partial charge in [-0.2, -0.15) is 0 Å². The van der Waals surface area contributed by atoms with Crippen molar-refractivity contribution in [1.82, 2.24) is 14.8 Å². The monoisotopic (exact) mass is 401 g/mol. The first-order valence-corrected chi connectivity index (χ1v) is 8.71. The van der Waals surface area contributed by atoms with E-state index in [1.165, 1.54) is 4.57 Å². The Hall–Kier alpha value is -2.62. The number of hydrogen-bond donors (Lipinski definition) is 1. The van der Waals surface area contributed by atoms with Gasteiger partial charge in [0.25, 0.3) is 0 Å². The quantitative estimate of drug-likeness (QED) is 0.296. The van der Waals surface area contributed by atoms with Gasteiger partial charge in [0.1, 0.15) is 0 Å². The van der Waals surface area contributed by atoms with Crippen LogP contribution in [-0.2, 0) is 18.7 Å². The molecule has 0 radical (unpaired) electrons. The topological polar surface area (TPSA) is 50.7 Å². The molecule has 0 aliphatic heterocycles. The van der Waals surface area contributed by atoms with Crippen LogP contribution in [0.4, 0.5) is 22.0 Å². The van der Waals surface area contributed by atoms with Crippen LogP contribution < -0.4 is 5.69 Å². The van der Waals surface area contributed by atoms with Gasteiger partial charge in [-0.05, 0) is 12.0 Å². The van der Waals surface area contributed by atoms with E-state index in [0.29, 0.717) is 18.2 Å². The Morgan fingerprint density at radius 3 is 2.15 bits per heavy atom. The van der Waals surface area contributed by atoms with Crippen LogP contribution in [0.15, 0.2) is 40.3 Å². The lowest BCUT2D eigenvalue weighted by Gasteiger charge is -2.09. The third-order valence-corrected chi connectivity index (χ3v) is 4.84. The van der Waals surface area contributed by atoms with Gasteiger partial charge in [0.15, 0.2) is 28.4 Å². The van der Waals surface area contributed by atoms with E-state index in [4.69, 9.17) is 0 Å². The van der Waals surface area contributed by atoms with E-state index >= 15 is 0 Å². The predicted octanol–water partition coefficient (Wildman–Crippen LogP) is 3.80. The third-order valence-electron chi connectivity index (χ3n) is 3.84. The summed E-state index contributed by atoms with van der Waals surface area (Å²) in [5, 5.41) is 6.04. The first-order chi connectivity index (χ1) is 12.9. The molecule has 1 N–H and O–H groups in total. The SMILES string of the molecule is O=c1[nH]nc(SCc2c(F)c(F)c(F)c(F)c2F)n1CCc1ccccc1. The van der Waals surface area contributed by atoms with E-state index in [-0.39, 0.29) is 11.7 Å². The number of nitrogens with one attached hydrogen (secondary N) is 1. The van der Waals surface area contributed by atoms with Gasteiger partial charge in [-0.15, -0.1) is 5.10 Å². The van der Waals surface area contributed by atoms with Crippen LogP contribution in [0.2, 0.25) is 0 Å². The average Bonchev–Trinajstić information content (AvgIpc) is 3.03. The Kier molecular flexibility index (Phi) is 5.64. The Morgan fingerprint density at radius 2 is 1.52 bits per heavy atom. The fourth-order valence-electron chi connectivity index (χ4n) is 2.41. The molecule has 2 aromatic carbocycles. The number of rotatable bonds is 6. The molecule has 0 aliphatic rings. The minimum absolute atomic E-state index is 0.0832. The summed E-state index contributed by atoms with van der Waals surface area (Å²) < 4.78 is 68.4. The minimum Gasteiger partial charge on any atom is -0.270 e. The van der Waals surface area contributed by atoms with Crippen LogP contribution in [-0.4, -0.2) is 14.8 Å². The molecule has 0 saturated carbocycles. The fourth-order valence-corrected chi connectivity index (χ4v) is 3.38. The summed E-state index contributed by atoms with van der Waals surface area (Å²) in [6.07, 6.45) is 0.496. The first kappa shape index (κ1) is 19.2. The van der Waals surface area contributed by atoms with Crippen molar-refractivity contribution < 1.29 is 22.0 Å². The normalized spacial score (nSPS) is 11.1. The molecule has 0 bridgehead atoms. The highest BCUT2D eigenvalue weighted by molar-refractivity contribution is 7.98. The van der Waals surface area contributed by atoms with Gasteiger partial charge < -0.3 is 0 Å². The summed E-state index contributed by atoms with van der Waals surface area (Å²) in [6.45, 7) is 0.235. The second kappa shape index (κ2) is 7.95. The predicted molar refractivity (Wildman–Crippen MR) is 88.8 cm³/mol. The highest BCUT2D eigenvalue weighted by atomic mass is 32.2. The molecule has 4 nitrogen and oxygen atoms in total. The summed E-state index contributed by atoms with van der Waals surface area (Å²) in [4.78, 5) is 11.9. The molecule has 0 unspecified atom stereocenters. The highest BCUT2D eigenvalue weighted by Crippen LogP contribution is 2.28. The van der Waals surface area contributed by atoms with Crippen molar-refractivity contribution in [3.8, 4) is 0 Å². The maximum Gasteiger partial charge on any atom is 0.343 e. The summed E-state index contributed by atoms with van der Waals surface area (Å²) in [5.41, 5.74) is -0.548. The van der Waals surface area contributed by atoms with Gasteiger partial charge in [0, 0.05) is 17.9 Å². The smallest absolute Gasteiger partial charge is 0.270 e. The van der Waals surface area contributed by atoms with Crippen molar-refractivity contribution in [1.29, 1.82) is 0 Å². The molecular formula is C17H12F5N3OS. The van der Waals surface area contributed by atoms with Crippen molar-refractivity contribution in [2.45, 2.75) is 23.9 Å². The van der Waals surface area contributed by atoms with Gasteiger partial charge in [-0.25, -0.2) is 31.8 Å². The number of aromatic amines is 1. The molecule has 142 valence electrons. The van der Waals surface area contributed by atoms with E-state index in [0.717, 1.165) is 5.56 Å². The van der Waals surface area contributed by atoms with Crippen LogP contribution in [0, 0.1) is 29.1 Å². The Balaban J connectivity index is 1.79. The minimum atomic E-state index is -2.21. The first-order valence-electron chi connectivity index (χ1n) is 7.72. The number of H-pyrrole nitrogens is 1. The van der Waals surface area contributed by atoms with Gasteiger partial charge in [0.2, 0.25) is 5.82 Å². The van der Waals surface area contributed by atoms with E-state index in [1.54, 1.807) is 0 Å². The second-order valence-corrected chi connectivity index (χ2v) is 6.48. The summed E-state index contributed by atoms with van der Waals surface area (Å²) in [6, 6.07) is 9.26. The van der Waals surface area contributed by atoms with E-state index in [9.17, 15) is 26.7 Å². The lowest BCUT2D eigenvalue weighted by molar-refractivity contribution is 0.372. The molecule has 1 aromatic heterocycles. The number of halogens is 5. The van der Waals surface area contributed by atoms with Gasteiger partial charge in [0.05, 0.1) is 0 Å². The fraction of sp³-hybridized carbons (Fsp3) is 0.176. The Bertz CT molecular complexity index is 990. The summed E-state index contributed by atoms with van der Waals surface area (Å²) in [7, 11) is 0. The number of benzene rings is 2. The van der Waals surface area contributed by atoms with E-state index < -0.39 is 46.1 Å². The molecule has 0 fully saturated rings. The maximum atomic E-state index is 13.7. The van der Waals surface area contributed by atoms with E-state index in [1.807, 2.05) is 30.3 Å². The molecule has 1 heterocycles. The third kappa shape index (κ3) is 3.90. The van der Waals surface area contributed by atoms with Crippen molar-refractivity contribution in [3.05, 3.63) is 81.0 Å². The Labute approximate surface area is 154 Å². The molecule has 0 atom stereocenters. The molecule has 3 rings (SSSR count). The van der Waals surface area contributed by atoms with Crippen LogP contribution in [0.25, 0.3) is 0 Å². The molecule has 27 heavy (non-hydrogen) atoms. The zero-order chi connectivity index (χ0) is 19.6. The van der Waals surface area contributed by atoms with Crippen LogP contribution in [0.5, 0.6) is 0 Å². The molecule has 0 amide bonds. The van der Waals surface area contributed by atoms with Gasteiger partial charge in [-0.1, -0.05) is 42.1 Å². The highest BCUT2D eigenvalue weighted by Gasteiger charge is 2.26. The zero-order valence-electron chi connectivity index (χ0n) is 13.6. The lowest BCUT2D eigenvalue weighted by atomic mass is 10.1. The van der Waals surface area contributed by atoms with Crippen molar-refractivity contribution in [2.24, 2.45) is 0 Å². The van der Waals surface area contributed by atoms with Crippen molar-refractivity contribution >= 4 is 11.8 Å². The molecule has 0 saturated heterocycles. The molecule has 3 aromatic rings. The average molecular weight is 401 g/mol. The standard InChI is InChI=1S/C17H12F5N3OS/c18-11-10(12(19)14(21)15(22)13(11)20)8-27-17-24-23-16(26)25(17)7-6-9-4-2-1-3-5-9/h1-5H,6-8H2,(H,23,26). The molecule has 0 spiro atoms. The van der Waals surface area contributed by atoms with Crippen LogP contribution in [0.1, 0.15) is 11.1 Å². The second-order valence-electron chi connectivity index (χ2n) is 5.54. The summed E-state index contributed by atoms with van der Waals surface area (Å²) in [5.74, 6) is -10.6. The lowest BCUT2D eigenvalue weighted by Crippen LogP contribution is -2.19. The maximum absolute atomic E-state index is 13.7. The van der Waals surface area contributed by atoms with Crippen LogP contribution in [0.3, 0.4) is 0 Å². The van der Waals surface area contributed by atoms with E-state index in [2.05, 4.69) is 10.2 Å². The number of aryl methyl sites for hydroxylation is 1. The number of hydrogen-bond acceptors (Lipinski definition) is 3. The largest absolute Gasteiger partial charge is 0.343 e. The van der Waals surface area contributed by atoms with Crippen LogP contribution >= 0.6 is 11.8 Å². The molecule has 10 heteroatoms. The van der Waals surface area contributed by atoms with Gasteiger partial charge >= 0.3 is 5.69 Å². The van der Waals surface area contributed by atoms with Gasteiger partial charge in [-0.3, -0.25) is 4.57 Å².